The predicted molar refractivity (Wildman–Crippen MR) is 83.7 cm³/mol. The average molecular weight is 269 g/mol. The zero-order valence-electron chi connectivity index (χ0n) is 13.3. The van der Waals surface area contributed by atoms with Crippen LogP contribution in [0.15, 0.2) is 0 Å². The van der Waals surface area contributed by atoms with Crippen molar-refractivity contribution in [2.75, 3.05) is 13.2 Å². The van der Waals surface area contributed by atoms with E-state index in [9.17, 15) is 0 Å². The van der Waals surface area contributed by atoms with Crippen LogP contribution in [0.3, 0.4) is 0 Å². The smallest absolute Gasteiger partial charge is 0.0590 e. The highest BCUT2D eigenvalue weighted by Gasteiger charge is 2.18. The van der Waals surface area contributed by atoms with Gasteiger partial charge in [-0.25, -0.2) is 0 Å². The Hall–Kier alpha value is -0.0800. The van der Waals surface area contributed by atoms with Gasteiger partial charge in [0.2, 0.25) is 0 Å². The van der Waals surface area contributed by atoms with Gasteiger partial charge in [0.1, 0.15) is 0 Å². The van der Waals surface area contributed by atoms with Crippen LogP contribution in [0.25, 0.3) is 0 Å². The van der Waals surface area contributed by atoms with Gasteiger partial charge in [-0.15, -0.1) is 0 Å². The Morgan fingerprint density at radius 2 is 1.84 bits per heavy atom. The molecule has 0 saturated carbocycles. The van der Waals surface area contributed by atoms with E-state index in [1.54, 1.807) is 0 Å². The Kier molecular flexibility index (Phi) is 10.5. The highest BCUT2D eigenvalue weighted by molar-refractivity contribution is 4.74. The van der Waals surface area contributed by atoms with Gasteiger partial charge in [-0.3, -0.25) is 0 Å². The summed E-state index contributed by atoms with van der Waals surface area (Å²) in [5, 5.41) is 3.65. The minimum atomic E-state index is 0.526. The van der Waals surface area contributed by atoms with Gasteiger partial charge in [-0.2, -0.15) is 0 Å². The van der Waals surface area contributed by atoms with E-state index in [1.165, 1.54) is 70.6 Å². The molecule has 1 saturated heterocycles. The molecule has 2 heteroatoms. The number of nitrogens with one attached hydrogen (secondary N) is 1. The molecular formula is C17H35NO. The lowest BCUT2D eigenvalue weighted by molar-refractivity contribution is 0.00467. The van der Waals surface area contributed by atoms with Crippen LogP contribution in [-0.2, 0) is 4.74 Å². The van der Waals surface area contributed by atoms with E-state index < -0.39 is 0 Å². The van der Waals surface area contributed by atoms with Crippen molar-refractivity contribution in [3.05, 3.63) is 0 Å². The molecule has 0 spiro atoms. The van der Waals surface area contributed by atoms with Crippen LogP contribution < -0.4 is 5.32 Å². The molecule has 1 aliphatic rings. The number of ether oxygens (including phenoxy) is 1. The second-order valence-corrected chi connectivity index (χ2v) is 6.04. The van der Waals surface area contributed by atoms with Crippen molar-refractivity contribution < 1.29 is 4.74 Å². The maximum absolute atomic E-state index is 5.87. The van der Waals surface area contributed by atoms with Crippen molar-refractivity contribution in [3.63, 3.8) is 0 Å². The van der Waals surface area contributed by atoms with E-state index in [1.807, 2.05) is 0 Å². The van der Waals surface area contributed by atoms with Gasteiger partial charge < -0.3 is 10.1 Å². The minimum Gasteiger partial charge on any atom is -0.378 e. The summed E-state index contributed by atoms with van der Waals surface area (Å²) in [6, 6.07) is 0.680. The van der Waals surface area contributed by atoms with Crippen LogP contribution in [0.4, 0.5) is 0 Å². The highest BCUT2D eigenvalue weighted by Crippen LogP contribution is 2.19. The van der Waals surface area contributed by atoms with Crippen LogP contribution in [0.2, 0.25) is 0 Å². The van der Waals surface area contributed by atoms with E-state index in [-0.39, 0.29) is 0 Å². The normalized spacial score (nSPS) is 21.5. The van der Waals surface area contributed by atoms with Gasteiger partial charge in [0.05, 0.1) is 6.10 Å². The maximum atomic E-state index is 5.87. The van der Waals surface area contributed by atoms with Crippen molar-refractivity contribution in [1.29, 1.82) is 0 Å². The molecule has 0 aromatic rings. The summed E-state index contributed by atoms with van der Waals surface area (Å²) in [6.45, 7) is 6.58. The molecule has 0 amide bonds. The summed E-state index contributed by atoms with van der Waals surface area (Å²) in [5.41, 5.74) is 0. The van der Waals surface area contributed by atoms with Gasteiger partial charge in [0.15, 0.2) is 0 Å². The summed E-state index contributed by atoms with van der Waals surface area (Å²) in [6.07, 6.45) is 15.4. The lowest BCUT2D eigenvalue weighted by Gasteiger charge is -2.27. The third-order valence-corrected chi connectivity index (χ3v) is 4.22. The van der Waals surface area contributed by atoms with Crippen molar-refractivity contribution in [3.8, 4) is 0 Å². The molecule has 0 aliphatic carbocycles. The fraction of sp³-hybridized carbons (Fsp3) is 1.00. The SMILES string of the molecule is CCCCCCCCC(CC1CCCCO1)NCC. The maximum Gasteiger partial charge on any atom is 0.0590 e. The fourth-order valence-electron chi connectivity index (χ4n) is 3.07. The first kappa shape index (κ1) is 17.0. The van der Waals surface area contributed by atoms with E-state index in [4.69, 9.17) is 4.74 Å². The van der Waals surface area contributed by atoms with Crippen LogP contribution in [0.5, 0.6) is 0 Å². The standard InChI is InChI=1S/C17H35NO/c1-3-5-6-7-8-9-12-16(18-4-2)15-17-13-10-11-14-19-17/h16-18H,3-15H2,1-2H3. The first-order chi connectivity index (χ1) is 9.36. The first-order valence-corrected chi connectivity index (χ1v) is 8.71. The van der Waals surface area contributed by atoms with E-state index >= 15 is 0 Å². The van der Waals surface area contributed by atoms with Crippen molar-refractivity contribution in [2.24, 2.45) is 0 Å². The Morgan fingerprint density at radius 3 is 2.53 bits per heavy atom. The van der Waals surface area contributed by atoms with Crippen LogP contribution in [-0.4, -0.2) is 25.3 Å². The van der Waals surface area contributed by atoms with Gasteiger partial charge >= 0.3 is 0 Å². The molecule has 2 nitrogen and oxygen atoms in total. The van der Waals surface area contributed by atoms with E-state index in [0.717, 1.165) is 13.2 Å². The third-order valence-electron chi connectivity index (χ3n) is 4.22. The molecule has 0 aromatic carbocycles. The zero-order chi connectivity index (χ0) is 13.8. The molecule has 19 heavy (non-hydrogen) atoms. The van der Waals surface area contributed by atoms with E-state index in [0.29, 0.717) is 12.1 Å². The molecule has 1 aliphatic heterocycles. The molecule has 0 radical (unpaired) electrons. The zero-order valence-corrected chi connectivity index (χ0v) is 13.3. The predicted octanol–water partition coefficient (Wildman–Crippen LogP) is 4.67. The summed E-state index contributed by atoms with van der Waals surface area (Å²) in [7, 11) is 0. The number of hydrogen-bond acceptors (Lipinski definition) is 2. The summed E-state index contributed by atoms with van der Waals surface area (Å²) >= 11 is 0. The largest absolute Gasteiger partial charge is 0.378 e. The fourth-order valence-corrected chi connectivity index (χ4v) is 3.07. The van der Waals surface area contributed by atoms with Crippen molar-refractivity contribution in [1.82, 2.24) is 5.32 Å². The van der Waals surface area contributed by atoms with Crippen LogP contribution in [0, 0.1) is 0 Å². The molecule has 0 bridgehead atoms. The Bertz CT molecular complexity index is 190. The molecule has 2 unspecified atom stereocenters. The number of hydrogen-bond donors (Lipinski definition) is 1. The summed E-state index contributed by atoms with van der Waals surface area (Å²) in [4.78, 5) is 0. The molecule has 1 fully saturated rings. The topological polar surface area (TPSA) is 21.3 Å². The van der Waals surface area contributed by atoms with E-state index in [2.05, 4.69) is 19.2 Å². The summed E-state index contributed by atoms with van der Waals surface area (Å²) < 4.78 is 5.87. The average Bonchev–Trinajstić information content (AvgIpc) is 2.44. The van der Waals surface area contributed by atoms with Crippen LogP contribution >= 0.6 is 0 Å². The number of rotatable bonds is 11. The lowest BCUT2D eigenvalue weighted by atomic mass is 9.97. The van der Waals surface area contributed by atoms with Gasteiger partial charge in [-0.1, -0.05) is 52.4 Å². The quantitative estimate of drug-likeness (QED) is 0.550. The molecular weight excluding hydrogens is 234 g/mol. The Balaban J connectivity index is 2.09. The second kappa shape index (κ2) is 11.7. The number of unbranched alkanes of at least 4 members (excludes halogenated alkanes) is 5. The van der Waals surface area contributed by atoms with Gasteiger partial charge in [0.25, 0.3) is 0 Å². The van der Waals surface area contributed by atoms with Gasteiger partial charge in [-0.05, 0) is 38.6 Å². The summed E-state index contributed by atoms with van der Waals surface area (Å²) in [5.74, 6) is 0. The molecule has 114 valence electrons. The Labute approximate surface area is 120 Å². The molecule has 1 N–H and O–H groups in total. The molecule has 0 aromatic heterocycles. The minimum absolute atomic E-state index is 0.526. The lowest BCUT2D eigenvalue weighted by Crippen LogP contribution is -2.34. The Morgan fingerprint density at radius 1 is 1.05 bits per heavy atom. The monoisotopic (exact) mass is 269 g/mol. The van der Waals surface area contributed by atoms with Crippen LogP contribution in [0.1, 0.15) is 84.5 Å². The van der Waals surface area contributed by atoms with Crippen molar-refractivity contribution in [2.45, 2.75) is 96.6 Å². The highest BCUT2D eigenvalue weighted by atomic mass is 16.5. The van der Waals surface area contributed by atoms with Crippen molar-refractivity contribution >= 4 is 0 Å². The molecule has 1 rings (SSSR count). The second-order valence-electron chi connectivity index (χ2n) is 6.04. The third kappa shape index (κ3) is 8.65. The molecule has 1 heterocycles. The first-order valence-electron chi connectivity index (χ1n) is 8.71. The van der Waals surface area contributed by atoms with Gasteiger partial charge in [0, 0.05) is 12.6 Å². The molecule has 2 atom stereocenters.